The fraction of sp³-hybridized carbons (Fsp3) is 0.882. The molecule has 21 heavy (non-hydrogen) atoms. The summed E-state index contributed by atoms with van der Waals surface area (Å²) in [6.07, 6.45) is 9.19. The molecule has 4 heteroatoms. The first-order valence-electron chi connectivity index (χ1n) is 8.71. The molecule has 4 fully saturated rings. The lowest BCUT2D eigenvalue weighted by Crippen LogP contribution is -2.53. The summed E-state index contributed by atoms with van der Waals surface area (Å²) in [6, 6.07) is -0.127. The quantitative estimate of drug-likeness (QED) is 0.795. The van der Waals surface area contributed by atoms with Gasteiger partial charge >= 0.3 is 6.03 Å². The predicted molar refractivity (Wildman–Crippen MR) is 79.5 cm³/mol. The highest BCUT2D eigenvalue weighted by atomic mass is 16.2. The average molecular weight is 290 g/mol. The van der Waals surface area contributed by atoms with Crippen LogP contribution in [0.4, 0.5) is 4.79 Å². The molecule has 1 saturated heterocycles. The first-order chi connectivity index (χ1) is 10.1. The molecule has 0 radical (unpaired) electrons. The summed E-state index contributed by atoms with van der Waals surface area (Å²) < 4.78 is 0. The average Bonchev–Trinajstić information content (AvgIpc) is 3.13. The van der Waals surface area contributed by atoms with E-state index in [-0.39, 0.29) is 11.9 Å². The number of urea groups is 1. The topological polar surface area (TPSA) is 49.4 Å². The molecule has 1 heterocycles. The standard InChI is InChI=1S/C17H26N2O2/c1-11-4-6-17(7-5-11)15(20)18-16(21)19(17)10-14-9-12-2-3-13(14)8-12/h11-14H,2-10H2,1H3,(H,18,20,21). The lowest BCUT2D eigenvalue weighted by molar-refractivity contribution is -0.129. The van der Waals surface area contributed by atoms with Crippen molar-refractivity contribution in [3.05, 3.63) is 0 Å². The van der Waals surface area contributed by atoms with Gasteiger partial charge in [-0.1, -0.05) is 13.3 Å². The molecule has 4 nitrogen and oxygen atoms in total. The van der Waals surface area contributed by atoms with Crippen molar-refractivity contribution in [2.24, 2.45) is 23.7 Å². The number of rotatable bonds is 2. The first kappa shape index (κ1) is 13.6. The van der Waals surface area contributed by atoms with E-state index in [2.05, 4.69) is 12.2 Å². The Balaban J connectivity index is 1.54. The zero-order valence-corrected chi connectivity index (χ0v) is 12.9. The Hall–Kier alpha value is -1.06. The molecule has 3 atom stereocenters. The van der Waals surface area contributed by atoms with Crippen LogP contribution in [-0.4, -0.2) is 28.9 Å². The van der Waals surface area contributed by atoms with Crippen molar-refractivity contribution in [2.45, 2.75) is 63.8 Å². The normalized spacial score (nSPS) is 45.7. The van der Waals surface area contributed by atoms with E-state index in [4.69, 9.17) is 0 Å². The molecule has 1 aliphatic heterocycles. The number of hydrogen-bond acceptors (Lipinski definition) is 2. The molecule has 4 rings (SSSR count). The zero-order chi connectivity index (χ0) is 14.6. The van der Waals surface area contributed by atoms with E-state index in [1.807, 2.05) is 4.90 Å². The predicted octanol–water partition coefficient (Wildman–Crippen LogP) is 2.92. The van der Waals surface area contributed by atoms with Gasteiger partial charge in [-0.25, -0.2) is 4.79 Å². The lowest BCUT2D eigenvalue weighted by atomic mass is 9.75. The largest absolute Gasteiger partial charge is 0.325 e. The van der Waals surface area contributed by atoms with Crippen LogP contribution < -0.4 is 5.32 Å². The second-order valence-electron chi connectivity index (χ2n) is 8.02. The molecule has 4 aliphatic rings. The van der Waals surface area contributed by atoms with Crippen LogP contribution in [0.15, 0.2) is 0 Å². The lowest BCUT2D eigenvalue weighted by Gasteiger charge is -2.42. The van der Waals surface area contributed by atoms with Crippen molar-refractivity contribution in [3.63, 3.8) is 0 Å². The van der Waals surface area contributed by atoms with Gasteiger partial charge in [0.1, 0.15) is 5.54 Å². The minimum atomic E-state index is -0.509. The fourth-order valence-corrected chi connectivity index (χ4v) is 5.43. The van der Waals surface area contributed by atoms with Crippen molar-refractivity contribution < 1.29 is 9.59 Å². The van der Waals surface area contributed by atoms with E-state index in [1.54, 1.807) is 0 Å². The second kappa shape index (κ2) is 4.72. The van der Waals surface area contributed by atoms with Crippen molar-refractivity contribution in [2.75, 3.05) is 6.54 Å². The minimum absolute atomic E-state index is 0.0254. The third-order valence-electron chi connectivity index (χ3n) is 6.81. The summed E-state index contributed by atoms with van der Waals surface area (Å²) in [6.45, 7) is 3.06. The van der Waals surface area contributed by atoms with E-state index < -0.39 is 5.54 Å². The van der Waals surface area contributed by atoms with Crippen LogP contribution in [0.3, 0.4) is 0 Å². The highest BCUT2D eigenvalue weighted by Gasteiger charge is 2.55. The third kappa shape index (κ3) is 2.01. The molecule has 3 saturated carbocycles. The van der Waals surface area contributed by atoms with E-state index in [1.165, 1.54) is 25.7 Å². The molecule has 3 unspecified atom stereocenters. The van der Waals surface area contributed by atoms with Gasteiger partial charge in [-0.3, -0.25) is 10.1 Å². The Morgan fingerprint density at radius 3 is 2.52 bits per heavy atom. The maximum Gasteiger partial charge on any atom is 0.325 e. The van der Waals surface area contributed by atoms with Gasteiger partial charge < -0.3 is 4.90 Å². The molecular formula is C17H26N2O2. The number of fused-ring (bicyclic) bond motifs is 2. The highest BCUT2D eigenvalue weighted by Crippen LogP contribution is 2.50. The van der Waals surface area contributed by atoms with Crippen LogP contribution in [0.25, 0.3) is 0 Å². The SMILES string of the molecule is CC1CCC2(CC1)C(=O)NC(=O)N2CC1CC2CCC1C2. The molecule has 116 valence electrons. The summed E-state index contributed by atoms with van der Waals surface area (Å²) in [7, 11) is 0. The maximum atomic E-state index is 12.4. The molecule has 0 aromatic rings. The molecule has 3 aliphatic carbocycles. The Bertz CT molecular complexity index is 467. The number of imide groups is 1. The van der Waals surface area contributed by atoms with E-state index in [9.17, 15) is 9.59 Å². The molecular weight excluding hydrogens is 264 g/mol. The van der Waals surface area contributed by atoms with Gasteiger partial charge in [0.2, 0.25) is 0 Å². The number of carbonyl (C=O) groups is 2. The van der Waals surface area contributed by atoms with Crippen molar-refractivity contribution >= 4 is 11.9 Å². The third-order valence-corrected chi connectivity index (χ3v) is 6.81. The number of amides is 3. The van der Waals surface area contributed by atoms with Crippen LogP contribution in [-0.2, 0) is 4.79 Å². The van der Waals surface area contributed by atoms with Gasteiger partial charge in [-0.2, -0.15) is 0 Å². The van der Waals surface area contributed by atoms with Crippen molar-refractivity contribution in [3.8, 4) is 0 Å². The van der Waals surface area contributed by atoms with Crippen molar-refractivity contribution in [1.82, 2.24) is 10.2 Å². The molecule has 3 amide bonds. The van der Waals surface area contributed by atoms with E-state index in [0.29, 0.717) is 11.8 Å². The van der Waals surface area contributed by atoms with Crippen LogP contribution in [0, 0.1) is 23.7 Å². The van der Waals surface area contributed by atoms with E-state index >= 15 is 0 Å². The maximum absolute atomic E-state index is 12.4. The van der Waals surface area contributed by atoms with Crippen LogP contribution in [0.1, 0.15) is 58.3 Å². The van der Waals surface area contributed by atoms with Crippen LogP contribution in [0.5, 0.6) is 0 Å². The second-order valence-corrected chi connectivity index (χ2v) is 8.02. The Kier molecular flexibility index (Phi) is 3.05. The van der Waals surface area contributed by atoms with Gasteiger partial charge in [0, 0.05) is 6.54 Å². The van der Waals surface area contributed by atoms with Crippen LogP contribution >= 0.6 is 0 Å². The molecule has 2 bridgehead atoms. The molecule has 1 spiro atoms. The number of hydrogen-bond donors (Lipinski definition) is 1. The van der Waals surface area contributed by atoms with Crippen molar-refractivity contribution in [1.29, 1.82) is 0 Å². The highest BCUT2D eigenvalue weighted by molar-refractivity contribution is 6.07. The van der Waals surface area contributed by atoms with Gasteiger partial charge in [-0.05, 0) is 68.6 Å². The smallest absolute Gasteiger partial charge is 0.309 e. The number of nitrogens with one attached hydrogen (secondary N) is 1. The summed E-state index contributed by atoms with van der Waals surface area (Å²) in [5.41, 5.74) is -0.509. The Morgan fingerprint density at radius 2 is 1.90 bits per heavy atom. The number of carbonyl (C=O) groups excluding carboxylic acids is 2. The Morgan fingerprint density at radius 1 is 1.14 bits per heavy atom. The Labute approximate surface area is 126 Å². The molecule has 0 aromatic carbocycles. The molecule has 1 N–H and O–H groups in total. The number of nitrogens with zero attached hydrogens (tertiary/aromatic N) is 1. The summed E-state index contributed by atoms with van der Waals surface area (Å²) in [4.78, 5) is 26.7. The van der Waals surface area contributed by atoms with Crippen LogP contribution in [0.2, 0.25) is 0 Å². The summed E-state index contributed by atoms with van der Waals surface area (Å²) in [5, 5.41) is 2.61. The van der Waals surface area contributed by atoms with Gasteiger partial charge in [0.25, 0.3) is 5.91 Å². The fourth-order valence-electron chi connectivity index (χ4n) is 5.43. The first-order valence-corrected chi connectivity index (χ1v) is 8.71. The monoisotopic (exact) mass is 290 g/mol. The van der Waals surface area contributed by atoms with E-state index in [0.717, 1.165) is 44.1 Å². The van der Waals surface area contributed by atoms with Gasteiger partial charge in [0.05, 0.1) is 0 Å². The zero-order valence-electron chi connectivity index (χ0n) is 12.9. The summed E-state index contributed by atoms with van der Waals surface area (Å²) >= 11 is 0. The molecule has 0 aromatic heterocycles. The van der Waals surface area contributed by atoms with Gasteiger partial charge in [0.15, 0.2) is 0 Å². The van der Waals surface area contributed by atoms with Gasteiger partial charge in [-0.15, -0.1) is 0 Å². The summed E-state index contributed by atoms with van der Waals surface area (Å²) in [5.74, 6) is 2.99. The minimum Gasteiger partial charge on any atom is -0.309 e.